The predicted molar refractivity (Wildman–Crippen MR) is 89.4 cm³/mol. The van der Waals surface area contributed by atoms with Crippen molar-refractivity contribution in [2.45, 2.75) is 31.2 Å². The van der Waals surface area contributed by atoms with Crippen molar-refractivity contribution >= 4 is 5.91 Å². The van der Waals surface area contributed by atoms with Gasteiger partial charge in [0.2, 0.25) is 5.91 Å². The van der Waals surface area contributed by atoms with Crippen LogP contribution in [0.4, 0.5) is 13.2 Å². The number of carbonyl (C=O) groups excluding carboxylic acids is 1. The fourth-order valence-corrected chi connectivity index (χ4v) is 3.02. The first kappa shape index (κ1) is 18.0. The molecule has 1 aliphatic carbocycles. The number of rotatable bonds is 4. The van der Waals surface area contributed by atoms with Crippen LogP contribution < -0.4 is 10.1 Å². The van der Waals surface area contributed by atoms with E-state index in [2.05, 4.69) is 16.9 Å². The normalized spacial score (nSPS) is 19.3. The molecule has 1 amide bonds. The second-order valence-corrected chi connectivity index (χ2v) is 5.98. The first-order chi connectivity index (χ1) is 12.4. The van der Waals surface area contributed by atoms with E-state index in [1.165, 1.54) is 18.2 Å². The number of aromatic nitrogens is 1. The molecule has 136 valence electrons. The number of amides is 1. The summed E-state index contributed by atoms with van der Waals surface area (Å²) >= 11 is 0. The minimum absolute atomic E-state index is 0.175. The predicted octanol–water partition coefficient (Wildman–Crippen LogP) is 4.36. The molecule has 0 bridgehead atoms. The average Bonchev–Trinajstić information content (AvgIpc) is 2.63. The smallest absolute Gasteiger partial charge is 0.416 e. The molecule has 4 nitrogen and oxygen atoms in total. The molecule has 0 saturated carbocycles. The average molecular weight is 362 g/mol. The minimum Gasteiger partial charge on any atom is -0.486 e. The van der Waals surface area contributed by atoms with Crippen molar-refractivity contribution in [3.63, 3.8) is 0 Å². The van der Waals surface area contributed by atoms with Crippen LogP contribution >= 0.6 is 0 Å². The number of carbonyl (C=O) groups is 1. The highest BCUT2D eigenvalue weighted by atomic mass is 19.4. The van der Waals surface area contributed by atoms with Gasteiger partial charge in [-0.2, -0.15) is 13.2 Å². The lowest BCUT2D eigenvalue weighted by atomic mass is 9.87. The first-order valence-corrected chi connectivity index (χ1v) is 8.09. The largest absolute Gasteiger partial charge is 0.486 e. The Labute approximate surface area is 148 Å². The third kappa shape index (κ3) is 3.87. The Kier molecular flexibility index (Phi) is 4.97. The van der Waals surface area contributed by atoms with Gasteiger partial charge in [-0.3, -0.25) is 9.78 Å². The second kappa shape index (κ2) is 7.19. The van der Waals surface area contributed by atoms with Gasteiger partial charge < -0.3 is 10.1 Å². The van der Waals surface area contributed by atoms with Crippen molar-refractivity contribution in [3.05, 3.63) is 72.1 Å². The summed E-state index contributed by atoms with van der Waals surface area (Å²) in [5.74, 6) is 0.0891. The SMILES string of the molecule is C=CC(=O)N[C@@H]1CC[C@H](Oc2ccc(C(F)(F)F)cc2)c2cnccc21. The van der Waals surface area contributed by atoms with Gasteiger partial charge in [-0.1, -0.05) is 6.58 Å². The van der Waals surface area contributed by atoms with Crippen molar-refractivity contribution in [3.8, 4) is 5.75 Å². The van der Waals surface area contributed by atoms with Gasteiger partial charge in [0.15, 0.2) is 0 Å². The molecular formula is C19H17F3N2O2. The Morgan fingerprint density at radius 3 is 2.58 bits per heavy atom. The summed E-state index contributed by atoms with van der Waals surface area (Å²) in [4.78, 5) is 15.7. The highest BCUT2D eigenvalue weighted by Crippen LogP contribution is 2.39. The molecule has 1 aromatic heterocycles. The number of hydrogen-bond acceptors (Lipinski definition) is 3. The van der Waals surface area contributed by atoms with Crippen LogP contribution in [0.15, 0.2) is 55.4 Å². The fraction of sp³-hybridized carbons (Fsp3) is 0.263. The molecule has 0 radical (unpaired) electrons. The van der Waals surface area contributed by atoms with Crippen molar-refractivity contribution < 1.29 is 22.7 Å². The zero-order valence-electron chi connectivity index (χ0n) is 13.8. The van der Waals surface area contributed by atoms with E-state index in [-0.39, 0.29) is 18.1 Å². The lowest BCUT2D eigenvalue weighted by Gasteiger charge is -2.31. The number of pyridine rings is 1. The Bertz CT molecular complexity index is 803. The van der Waals surface area contributed by atoms with E-state index in [0.29, 0.717) is 18.6 Å². The van der Waals surface area contributed by atoms with Crippen molar-refractivity contribution in [2.75, 3.05) is 0 Å². The van der Waals surface area contributed by atoms with Crippen LogP contribution in [-0.4, -0.2) is 10.9 Å². The fourth-order valence-electron chi connectivity index (χ4n) is 3.02. The maximum atomic E-state index is 12.7. The monoisotopic (exact) mass is 362 g/mol. The van der Waals surface area contributed by atoms with Gasteiger partial charge in [0.25, 0.3) is 0 Å². The van der Waals surface area contributed by atoms with Crippen molar-refractivity contribution in [1.29, 1.82) is 0 Å². The number of hydrogen-bond donors (Lipinski definition) is 1. The van der Waals surface area contributed by atoms with E-state index in [0.717, 1.165) is 23.3 Å². The molecule has 0 spiro atoms. The molecule has 0 saturated heterocycles. The van der Waals surface area contributed by atoms with Crippen LogP contribution in [-0.2, 0) is 11.0 Å². The highest BCUT2D eigenvalue weighted by Gasteiger charge is 2.31. The van der Waals surface area contributed by atoms with Gasteiger partial charge in [-0.05, 0) is 54.8 Å². The number of halogens is 3. The van der Waals surface area contributed by atoms with Gasteiger partial charge in [0.1, 0.15) is 11.9 Å². The van der Waals surface area contributed by atoms with E-state index < -0.39 is 11.7 Å². The van der Waals surface area contributed by atoms with Crippen LogP contribution in [0.5, 0.6) is 5.75 Å². The molecule has 26 heavy (non-hydrogen) atoms. The van der Waals surface area contributed by atoms with E-state index in [9.17, 15) is 18.0 Å². The third-order valence-electron chi connectivity index (χ3n) is 4.29. The molecule has 0 unspecified atom stereocenters. The molecule has 1 heterocycles. The molecular weight excluding hydrogens is 345 g/mol. The summed E-state index contributed by atoms with van der Waals surface area (Å²) in [7, 11) is 0. The highest BCUT2D eigenvalue weighted by molar-refractivity contribution is 5.87. The molecule has 0 fully saturated rings. The molecule has 1 aromatic carbocycles. The molecule has 2 aromatic rings. The van der Waals surface area contributed by atoms with Crippen molar-refractivity contribution in [1.82, 2.24) is 10.3 Å². The topological polar surface area (TPSA) is 51.2 Å². The van der Waals surface area contributed by atoms with Crippen molar-refractivity contribution in [2.24, 2.45) is 0 Å². The quantitative estimate of drug-likeness (QED) is 0.823. The Hall–Kier alpha value is -2.83. The summed E-state index contributed by atoms with van der Waals surface area (Å²) in [6.45, 7) is 3.45. The van der Waals surface area contributed by atoms with E-state index >= 15 is 0 Å². The number of nitrogens with one attached hydrogen (secondary N) is 1. The maximum Gasteiger partial charge on any atom is 0.416 e. The van der Waals surface area contributed by atoms with Crippen LogP contribution in [0.25, 0.3) is 0 Å². The van der Waals surface area contributed by atoms with Gasteiger partial charge in [0.05, 0.1) is 11.6 Å². The molecule has 2 atom stereocenters. The second-order valence-electron chi connectivity index (χ2n) is 5.98. The lowest BCUT2D eigenvalue weighted by molar-refractivity contribution is -0.137. The van der Waals surface area contributed by atoms with E-state index in [1.54, 1.807) is 12.4 Å². The summed E-state index contributed by atoms with van der Waals surface area (Å²) in [5.41, 5.74) is 0.981. The third-order valence-corrected chi connectivity index (χ3v) is 4.29. The summed E-state index contributed by atoms with van der Waals surface area (Å²) in [6, 6.07) is 6.25. The Morgan fingerprint density at radius 1 is 1.19 bits per heavy atom. The van der Waals surface area contributed by atoms with Crippen LogP contribution in [0.3, 0.4) is 0 Å². The van der Waals surface area contributed by atoms with E-state index in [4.69, 9.17) is 4.74 Å². The van der Waals surface area contributed by atoms with Crippen LogP contribution in [0, 0.1) is 0 Å². The minimum atomic E-state index is -4.38. The first-order valence-electron chi connectivity index (χ1n) is 8.09. The molecule has 0 aliphatic heterocycles. The standard InChI is InChI=1S/C19H17F3N2O2/c1-2-18(25)24-16-7-8-17(15-11-23-10-9-14(15)16)26-13-5-3-12(4-6-13)19(20,21)22/h2-6,9-11,16-17H,1,7-8H2,(H,24,25)/t16-,17+/m1/s1. The summed E-state index contributed by atoms with van der Waals surface area (Å²) in [6.07, 6.45) is 1.03. The van der Waals surface area contributed by atoms with E-state index in [1.807, 2.05) is 6.07 Å². The Morgan fingerprint density at radius 2 is 1.92 bits per heavy atom. The van der Waals surface area contributed by atoms with Crippen LogP contribution in [0.2, 0.25) is 0 Å². The van der Waals surface area contributed by atoms with Gasteiger partial charge >= 0.3 is 6.18 Å². The number of alkyl halides is 3. The van der Waals surface area contributed by atoms with Crippen LogP contribution in [0.1, 0.15) is 41.7 Å². The molecule has 1 N–H and O–H groups in total. The Balaban J connectivity index is 1.79. The number of nitrogens with zero attached hydrogens (tertiary/aromatic N) is 1. The van der Waals surface area contributed by atoms with Gasteiger partial charge in [-0.25, -0.2) is 0 Å². The lowest BCUT2D eigenvalue weighted by Crippen LogP contribution is -2.31. The zero-order chi connectivity index (χ0) is 18.7. The zero-order valence-corrected chi connectivity index (χ0v) is 13.8. The van der Waals surface area contributed by atoms with Gasteiger partial charge in [0, 0.05) is 18.0 Å². The summed E-state index contributed by atoms with van der Waals surface area (Å²) in [5, 5.41) is 2.87. The summed E-state index contributed by atoms with van der Waals surface area (Å²) < 4.78 is 43.9. The molecule has 1 aliphatic rings. The number of ether oxygens (including phenoxy) is 1. The maximum absolute atomic E-state index is 12.7. The van der Waals surface area contributed by atoms with Gasteiger partial charge in [-0.15, -0.1) is 0 Å². The number of benzene rings is 1. The molecule has 3 rings (SSSR count). The molecule has 7 heteroatoms. The number of fused-ring (bicyclic) bond motifs is 1.